The van der Waals surface area contributed by atoms with Crippen LogP contribution in [0, 0.1) is 11.7 Å². The van der Waals surface area contributed by atoms with Gasteiger partial charge in [-0.1, -0.05) is 17.3 Å². The van der Waals surface area contributed by atoms with E-state index in [0.29, 0.717) is 25.0 Å². The second-order valence-corrected chi connectivity index (χ2v) is 8.93. The van der Waals surface area contributed by atoms with Gasteiger partial charge in [0, 0.05) is 17.5 Å². The first-order valence-corrected chi connectivity index (χ1v) is 11.0. The summed E-state index contributed by atoms with van der Waals surface area (Å²) < 4.78 is 20.6. The smallest absolute Gasteiger partial charge is 0.141 e. The van der Waals surface area contributed by atoms with Gasteiger partial charge in [-0.2, -0.15) is 0 Å². The maximum absolute atomic E-state index is 13.3. The molecule has 1 aliphatic carbocycles. The molecule has 0 spiro atoms. The Bertz CT molecular complexity index is 1200. The average molecular weight is 420 g/mol. The summed E-state index contributed by atoms with van der Waals surface area (Å²) in [5.41, 5.74) is 3.97. The molecule has 8 heteroatoms. The molecule has 1 saturated carbocycles. The average Bonchev–Trinajstić information content (AvgIpc) is 3.41. The largest absolute Gasteiger partial charge is 0.377 e. The quantitative estimate of drug-likeness (QED) is 0.516. The number of halogens is 1. The van der Waals surface area contributed by atoms with Gasteiger partial charge in [0.25, 0.3) is 0 Å². The van der Waals surface area contributed by atoms with Gasteiger partial charge in [0.1, 0.15) is 23.3 Å². The number of benzene rings is 1. The molecule has 0 bridgehead atoms. The monoisotopic (exact) mass is 420 g/mol. The molecule has 4 aromatic rings. The standard InChI is InChI=1S/C23H25FN6O/c24-18-7-5-17(6-8-18)23(12-31-13-23)27-11-15-1-3-16(4-2-15)20-21-19-9-10-25-22(19)26-14-30(21)29-28-20/h5-10,14-16,25,27H,1-4,11-13H2. The van der Waals surface area contributed by atoms with Gasteiger partial charge < -0.3 is 15.0 Å². The second-order valence-electron chi connectivity index (χ2n) is 8.93. The van der Waals surface area contributed by atoms with Gasteiger partial charge in [0.15, 0.2) is 0 Å². The van der Waals surface area contributed by atoms with Crippen LogP contribution in [0.4, 0.5) is 4.39 Å². The fourth-order valence-corrected chi connectivity index (χ4v) is 5.12. The topological polar surface area (TPSA) is 80.1 Å². The number of nitrogens with one attached hydrogen (secondary N) is 2. The van der Waals surface area contributed by atoms with E-state index >= 15 is 0 Å². The Morgan fingerprint density at radius 1 is 1.13 bits per heavy atom. The van der Waals surface area contributed by atoms with E-state index in [1.54, 1.807) is 10.8 Å². The normalized spacial score (nSPS) is 23.3. The molecule has 2 N–H and O–H groups in total. The number of H-pyrrole nitrogens is 1. The number of hydrogen-bond acceptors (Lipinski definition) is 5. The van der Waals surface area contributed by atoms with E-state index in [4.69, 9.17) is 4.74 Å². The molecule has 31 heavy (non-hydrogen) atoms. The summed E-state index contributed by atoms with van der Waals surface area (Å²) >= 11 is 0. The highest BCUT2D eigenvalue weighted by molar-refractivity contribution is 5.92. The lowest BCUT2D eigenvalue weighted by molar-refractivity contribution is -0.0805. The van der Waals surface area contributed by atoms with E-state index in [9.17, 15) is 4.39 Å². The lowest BCUT2D eigenvalue weighted by Gasteiger charge is -2.44. The third-order valence-electron chi connectivity index (χ3n) is 7.05. The van der Waals surface area contributed by atoms with Crippen LogP contribution in [-0.2, 0) is 10.3 Å². The van der Waals surface area contributed by atoms with Crippen LogP contribution in [0.2, 0.25) is 0 Å². The number of aromatic nitrogens is 5. The summed E-state index contributed by atoms with van der Waals surface area (Å²) in [6, 6.07) is 8.85. The Balaban J connectivity index is 1.13. The SMILES string of the molecule is Fc1ccc(C2(NCC3CCC(c4nnn5cnc6[nH]ccc6c45)CC3)COC2)cc1. The Labute approximate surface area is 179 Å². The first-order chi connectivity index (χ1) is 15.2. The summed E-state index contributed by atoms with van der Waals surface area (Å²) in [7, 11) is 0. The van der Waals surface area contributed by atoms with E-state index in [0.717, 1.165) is 60.0 Å². The molecule has 2 aliphatic rings. The first-order valence-electron chi connectivity index (χ1n) is 11.0. The van der Waals surface area contributed by atoms with Crippen LogP contribution in [-0.4, -0.2) is 44.6 Å². The van der Waals surface area contributed by atoms with Crippen LogP contribution < -0.4 is 5.32 Å². The Morgan fingerprint density at radius 3 is 2.68 bits per heavy atom. The van der Waals surface area contributed by atoms with Crippen molar-refractivity contribution in [2.75, 3.05) is 19.8 Å². The number of hydrogen-bond donors (Lipinski definition) is 2. The molecule has 1 aliphatic heterocycles. The van der Waals surface area contributed by atoms with E-state index in [1.165, 1.54) is 12.1 Å². The highest BCUT2D eigenvalue weighted by Gasteiger charge is 2.40. The third kappa shape index (κ3) is 3.21. The zero-order chi connectivity index (χ0) is 20.8. The van der Waals surface area contributed by atoms with E-state index in [1.807, 2.05) is 18.3 Å². The van der Waals surface area contributed by atoms with Crippen LogP contribution in [0.3, 0.4) is 0 Å². The fraction of sp³-hybridized carbons (Fsp3) is 0.435. The van der Waals surface area contributed by atoms with Crippen LogP contribution in [0.1, 0.15) is 42.9 Å². The summed E-state index contributed by atoms with van der Waals surface area (Å²) in [6.45, 7) is 2.23. The van der Waals surface area contributed by atoms with Crippen molar-refractivity contribution in [1.82, 2.24) is 30.1 Å². The molecular weight excluding hydrogens is 395 g/mol. The Hall–Kier alpha value is -2.84. The number of aromatic amines is 1. The third-order valence-corrected chi connectivity index (χ3v) is 7.05. The summed E-state index contributed by atoms with van der Waals surface area (Å²) in [5, 5.41) is 13.7. The van der Waals surface area contributed by atoms with Crippen molar-refractivity contribution in [3.8, 4) is 0 Å². The zero-order valence-corrected chi connectivity index (χ0v) is 17.2. The van der Waals surface area contributed by atoms with E-state index in [2.05, 4.69) is 31.7 Å². The summed E-state index contributed by atoms with van der Waals surface area (Å²) in [4.78, 5) is 7.57. The minimum Gasteiger partial charge on any atom is -0.377 e. The molecule has 0 unspecified atom stereocenters. The maximum Gasteiger partial charge on any atom is 0.141 e. The van der Waals surface area contributed by atoms with Crippen molar-refractivity contribution < 1.29 is 9.13 Å². The van der Waals surface area contributed by atoms with Gasteiger partial charge in [0.05, 0.1) is 24.4 Å². The minimum absolute atomic E-state index is 0.179. The molecule has 1 saturated heterocycles. The van der Waals surface area contributed by atoms with Crippen molar-refractivity contribution >= 4 is 16.6 Å². The predicted molar refractivity (Wildman–Crippen MR) is 114 cm³/mol. The molecule has 0 radical (unpaired) electrons. The molecule has 0 atom stereocenters. The lowest BCUT2D eigenvalue weighted by atomic mass is 9.79. The fourth-order valence-electron chi connectivity index (χ4n) is 5.12. The summed E-state index contributed by atoms with van der Waals surface area (Å²) in [6.07, 6.45) is 8.16. The molecule has 4 heterocycles. The number of fused-ring (bicyclic) bond motifs is 3. The molecular formula is C23H25FN6O. The van der Waals surface area contributed by atoms with Crippen molar-refractivity contribution in [3.63, 3.8) is 0 Å². The van der Waals surface area contributed by atoms with E-state index < -0.39 is 0 Å². The molecule has 2 fully saturated rings. The van der Waals surface area contributed by atoms with Crippen LogP contribution in [0.5, 0.6) is 0 Å². The number of rotatable bonds is 5. The molecule has 7 nitrogen and oxygen atoms in total. The van der Waals surface area contributed by atoms with Crippen molar-refractivity contribution in [1.29, 1.82) is 0 Å². The van der Waals surface area contributed by atoms with Crippen molar-refractivity contribution in [3.05, 3.63) is 59.9 Å². The van der Waals surface area contributed by atoms with Gasteiger partial charge >= 0.3 is 0 Å². The second kappa shape index (κ2) is 7.39. The van der Waals surface area contributed by atoms with Crippen LogP contribution in [0.15, 0.2) is 42.9 Å². The van der Waals surface area contributed by atoms with Crippen LogP contribution in [0.25, 0.3) is 16.6 Å². The minimum atomic E-state index is -0.202. The number of ether oxygens (including phenoxy) is 1. The molecule has 6 rings (SSSR count). The van der Waals surface area contributed by atoms with E-state index in [-0.39, 0.29) is 11.4 Å². The molecule has 160 valence electrons. The van der Waals surface area contributed by atoms with Gasteiger partial charge in [-0.05, 0) is 61.9 Å². The van der Waals surface area contributed by atoms with Gasteiger partial charge in [-0.25, -0.2) is 13.9 Å². The highest BCUT2D eigenvalue weighted by atomic mass is 19.1. The van der Waals surface area contributed by atoms with Gasteiger partial charge in [-0.3, -0.25) is 0 Å². The maximum atomic E-state index is 13.3. The zero-order valence-electron chi connectivity index (χ0n) is 17.2. The number of nitrogens with zero attached hydrogens (tertiary/aromatic N) is 4. The molecule has 1 aromatic carbocycles. The first kappa shape index (κ1) is 18.9. The highest BCUT2D eigenvalue weighted by Crippen LogP contribution is 2.38. The Morgan fingerprint density at radius 2 is 1.94 bits per heavy atom. The van der Waals surface area contributed by atoms with Gasteiger partial charge in [-0.15, -0.1) is 5.10 Å². The van der Waals surface area contributed by atoms with Crippen molar-refractivity contribution in [2.45, 2.75) is 37.1 Å². The van der Waals surface area contributed by atoms with Crippen molar-refractivity contribution in [2.24, 2.45) is 5.92 Å². The molecule has 3 aromatic heterocycles. The van der Waals surface area contributed by atoms with Crippen LogP contribution >= 0.6 is 0 Å². The molecule has 0 amide bonds. The predicted octanol–water partition coefficient (Wildman–Crippen LogP) is 3.53. The Kier molecular flexibility index (Phi) is 4.50. The summed E-state index contributed by atoms with van der Waals surface area (Å²) in [5.74, 6) is 0.837. The lowest BCUT2D eigenvalue weighted by Crippen LogP contribution is -2.58. The van der Waals surface area contributed by atoms with Gasteiger partial charge in [0.2, 0.25) is 0 Å².